The van der Waals surface area contributed by atoms with Gasteiger partial charge in [-0.3, -0.25) is 4.79 Å². The van der Waals surface area contributed by atoms with Gasteiger partial charge in [0.2, 0.25) is 0 Å². The highest BCUT2D eigenvalue weighted by Gasteiger charge is 2.13. The number of rotatable bonds is 1. The third-order valence-electron chi connectivity index (χ3n) is 1.75. The van der Waals surface area contributed by atoms with Crippen molar-refractivity contribution in [1.82, 2.24) is 4.74 Å². The maximum absolute atomic E-state index is 11.3. The molecule has 0 bridgehead atoms. The lowest BCUT2D eigenvalue weighted by atomic mass is 10.1. The molecule has 11 heavy (non-hydrogen) atoms. The van der Waals surface area contributed by atoms with Gasteiger partial charge in [-0.15, -0.1) is 0 Å². The first-order valence-corrected chi connectivity index (χ1v) is 3.71. The van der Waals surface area contributed by atoms with Crippen LogP contribution in [-0.2, 0) is 7.05 Å². The van der Waals surface area contributed by atoms with Crippen molar-refractivity contribution in [1.29, 1.82) is 0 Å². The summed E-state index contributed by atoms with van der Waals surface area (Å²) in [7, 11) is 1.63. The van der Waals surface area contributed by atoms with Crippen molar-refractivity contribution < 1.29 is 4.52 Å². The van der Waals surface area contributed by atoms with E-state index in [1.54, 1.807) is 7.05 Å². The Kier molecular flexibility index (Phi) is 1.89. The van der Waals surface area contributed by atoms with Gasteiger partial charge < -0.3 is 4.52 Å². The topological polar surface area (TPSA) is 35.1 Å². The molecular weight excluding hydrogens is 142 g/mol. The van der Waals surface area contributed by atoms with Crippen LogP contribution in [-0.4, -0.2) is 4.74 Å². The predicted octanol–water partition coefficient (Wildman–Crippen LogP) is 1.41. The number of aryl methyl sites for hydroxylation is 2. The lowest BCUT2D eigenvalue weighted by molar-refractivity contribution is 0.283. The Balaban J connectivity index is 3.35. The summed E-state index contributed by atoms with van der Waals surface area (Å²) in [5.41, 5.74) is 0.769. The summed E-state index contributed by atoms with van der Waals surface area (Å²) in [6.07, 6.45) is 0. The van der Waals surface area contributed by atoms with E-state index in [4.69, 9.17) is 4.52 Å². The molecule has 0 amide bonds. The molecule has 0 saturated heterocycles. The molecule has 0 saturated carbocycles. The first-order valence-electron chi connectivity index (χ1n) is 3.71. The zero-order chi connectivity index (χ0) is 8.59. The van der Waals surface area contributed by atoms with Crippen LogP contribution in [0.4, 0.5) is 0 Å². The SMILES string of the molecule is Cc1on(C)c(=O)c1C(C)C. The van der Waals surface area contributed by atoms with Crippen molar-refractivity contribution in [2.45, 2.75) is 26.7 Å². The highest BCUT2D eigenvalue weighted by Crippen LogP contribution is 2.13. The van der Waals surface area contributed by atoms with Crippen molar-refractivity contribution in [3.63, 3.8) is 0 Å². The number of hydrogen-bond acceptors (Lipinski definition) is 2. The van der Waals surface area contributed by atoms with Crippen molar-refractivity contribution in [3.8, 4) is 0 Å². The monoisotopic (exact) mass is 155 g/mol. The van der Waals surface area contributed by atoms with Crippen LogP contribution in [0.25, 0.3) is 0 Å². The second-order valence-electron chi connectivity index (χ2n) is 3.02. The minimum absolute atomic E-state index is 0.0162. The van der Waals surface area contributed by atoms with Crippen LogP contribution in [0.3, 0.4) is 0 Å². The van der Waals surface area contributed by atoms with Gasteiger partial charge in [-0.2, -0.15) is 4.74 Å². The molecule has 1 aromatic heterocycles. The van der Waals surface area contributed by atoms with Crippen LogP contribution in [0, 0.1) is 6.92 Å². The maximum atomic E-state index is 11.3. The van der Waals surface area contributed by atoms with Crippen LogP contribution in [0.2, 0.25) is 0 Å². The molecule has 0 atom stereocenters. The van der Waals surface area contributed by atoms with Gasteiger partial charge in [-0.05, 0) is 12.8 Å². The van der Waals surface area contributed by atoms with Gasteiger partial charge in [0.1, 0.15) is 5.76 Å². The van der Waals surface area contributed by atoms with Crippen molar-refractivity contribution in [2.24, 2.45) is 7.05 Å². The van der Waals surface area contributed by atoms with E-state index in [0.717, 1.165) is 11.3 Å². The summed E-state index contributed by atoms with van der Waals surface area (Å²) in [4.78, 5) is 11.3. The summed E-state index contributed by atoms with van der Waals surface area (Å²) < 4.78 is 6.38. The molecule has 3 heteroatoms. The molecule has 3 nitrogen and oxygen atoms in total. The zero-order valence-corrected chi connectivity index (χ0v) is 7.34. The van der Waals surface area contributed by atoms with Crippen molar-refractivity contribution >= 4 is 0 Å². The van der Waals surface area contributed by atoms with E-state index >= 15 is 0 Å². The fourth-order valence-electron chi connectivity index (χ4n) is 1.27. The lowest BCUT2D eigenvalue weighted by Crippen LogP contribution is -2.14. The molecule has 1 heterocycles. The Hall–Kier alpha value is -0.990. The minimum atomic E-state index is -0.0162. The van der Waals surface area contributed by atoms with E-state index in [9.17, 15) is 4.79 Å². The second kappa shape index (κ2) is 2.57. The molecule has 0 unspecified atom stereocenters. The van der Waals surface area contributed by atoms with Gasteiger partial charge >= 0.3 is 0 Å². The molecule has 0 aliphatic heterocycles. The standard InChI is InChI=1S/C8H13NO2/c1-5(2)7-6(3)11-9(4)8(7)10/h5H,1-4H3. The normalized spacial score (nSPS) is 11.0. The summed E-state index contributed by atoms with van der Waals surface area (Å²) in [6, 6.07) is 0. The number of aromatic nitrogens is 1. The maximum Gasteiger partial charge on any atom is 0.285 e. The van der Waals surface area contributed by atoms with Crippen LogP contribution in [0.1, 0.15) is 31.1 Å². The quantitative estimate of drug-likeness (QED) is 0.614. The highest BCUT2D eigenvalue weighted by molar-refractivity contribution is 5.16. The molecular formula is C8H13NO2. The molecule has 1 rings (SSSR count). The summed E-state index contributed by atoms with van der Waals surface area (Å²) in [5.74, 6) is 0.972. The van der Waals surface area contributed by atoms with E-state index in [0.29, 0.717) is 0 Å². The fraction of sp³-hybridized carbons (Fsp3) is 0.625. The van der Waals surface area contributed by atoms with Crippen molar-refractivity contribution in [2.75, 3.05) is 0 Å². The summed E-state index contributed by atoms with van der Waals surface area (Å²) >= 11 is 0. The number of hydrogen-bond donors (Lipinski definition) is 0. The van der Waals surface area contributed by atoms with Crippen LogP contribution < -0.4 is 5.56 Å². The number of nitrogens with zero attached hydrogens (tertiary/aromatic N) is 1. The average Bonchev–Trinajstić information content (AvgIpc) is 2.07. The Bertz CT molecular complexity index is 306. The summed E-state index contributed by atoms with van der Waals surface area (Å²) in [6.45, 7) is 5.79. The van der Waals surface area contributed by atoms with Gasteiger partial charge in [0.05, 0.1) is 5.56 Å². The zero-order valence-electron chi connectivity index (χ0n) is 7.34. The van der Waals surface area contributed by atoms with E-state index in [1.165, 1.54) is 4.74 Å². The molecule has 0 aliphatic carbocycles. The molecule has 0 aromatic carbocycles. The second-order valence-corrected chi connectivity index (χ2v) is 3.02. The van der Waals surface area contributed by atoms with Gasteiger partial charge in [-0.25, -0.2) is 0 Å². The minimum Gasteiger partial charge on any atom is -0.381 e. The molecule has 0 N–H and O–H groups in total. The molecule has 1 aromatic rings. The first kappa shape index (κ1) is 8.11. The molecule has 62 valence electrons. The van der Waals surface area contributed by atoms with E-state index in [-0.39, 0.29) is 11.5 Å². The summed E-state index contributed by atoms with van der Waals surface area (Å²) in [5, 5.41) is 0. The largest absolute Gasteiger partial charge is 0.381 e. The molecule has 0 aliphatic rings. The fourth-order valence-corrected chi connectivity index (χ4v) is 1.27. The van der Waals surface area contributed by atoms with E-state index in [1.807, 2.05) is 20.8 Å². The van der Waals surface area contributed by atoms with Gasteiger partial charge in [-0.1, -0.05) is 13.8 Å². The first-order chi connectivity index (χ1) is 5.04. The van der Waals surface area contributed by atoms with Crippen molar-refractivity contribution in [3.05, 3.63) is 21.7 Å². The smallest absolute Gasteiger partial charge is 0.285 e. The van der Waals surface area contributed by atoms with E-state index < -0.39 is 0 Å². The van der Waals surface area contributed by atoms with Crippen LogP contribution in [0.15, 0.2) is 9.32 Å². The van der Waals surface area contributed by atoms with Crippen LogP contribution in [0.5, 0.6) is 0 Å². The van der Waals surface area contributed by atoms with Crippen LogP contribution >= 0.6 is 0 Å². The molecule has 0 spiro atoms. The lowest BCUT2D eigenvalue weighted by Gasteiger charge is -1.96. The Morgan fingerprint density at radius 2 is 2.00 bits per heavy atom. The molecule has 0 fully saturated rings. The Morgan fingerprint density at radius 3 is 2.18 bits per heavy atom. The Labute approximate surface area is 65.6 Å². The molecule has 0 radical (unpaired) electrons. The third kappa shape index (κ3) is 1.23. The predicted molar refractivity (Wildman–Crippen MR) is 42.8 cm³/mol. The average molecular weight is 155 g/mol. The van der Waals surface area contributed by atoms with Gasteiger partial charge in [0.15, 0.2) is 0 Å². The highest BCUT2D eigenvalue weighted by atomic mass is 16.5. The Morgan fingerprint density at radius 1 is 1.45 bits per heavy atom. The van der Waals surface area contributed by atoms with Gasteiger partial charge in [0.25, 0.3) is 5.56 Å². The van der Waals surface area contributed by atoms with Gasteiger partial charge in [0, 0.05) is 7.05 Å². The third-order valence-corrected chi connectivity index (χ3v) is 1.75. The van der Waals surface area contributed by atoms with E-state index in [2.05, 4.69) is 0 Å².